The normalized spacial score (nSPS) is 17.6. The van der Waals surface area contributed by atoms with Gasteiger partial charge in [-0.25, -0.2) is 0 Å². The van der Waals surface area contributed by atoms with Gasteiger partial charge < -0.3 is 5.10 Å². The molecule has 1 N–H and O–H groups in total. The average Bonchev–Trinajstić information content (AvgIpc) is 2.62. The fraction of sp³-hybridized carbons (Fsp3) is 0.571. The number of nitrogens with one attached hydrogen (secondary N) is 1. The highest BCUT2D eigenvalue weighted by Crippen LogP contribution is 2.29. The second kappa shape index (κ2) is 2.01. The first kappa shape index (κ1) is 5.77. The van der Waals surface area contributed by atoms with Crippen molar-refractivity contribution < 1.29 is 0 Å². The van der Waals surface area contributed by atoms with Crippen molar-refractivity contribution in [1.82, 2.24) is 9.78 Å². The van der Waals surface area contributed by atoms with E-state index in [4.69, 9.17) is 0 Å². The van der Waals surface area contributed by atoms with Gasteiger partial charge in [-0.05, 0) is 18.8 Å². The minimum Gasteiger partial charge on any atom is -0.303 e. The van der Waals surface area contributed by atoms with Gasteiger partial charge in [-0.3, -0.25) is 9.48 Å². The van der Waals surface area contributed by atoms with Crippen LogP contribution in [0.25, 0.3) is 0 Å². The lowest BCUT2D eigenvalue weighted by molar-refractivity contribution is 0.548. The van der Waals surface area contributed by atoms with E-state index < -0.39 is 0 Å². The topological polar surface area (TPSA) is 37.8 Å². The van der Waals surface area contributed by atoms with Crippen LogP contribution in [0.2, 0.25) is 0 Å². The molecule has 0 saturated heterocycles. The zero-order valence-electron chi connectivity index (χ0n) is 5.71. The number of H-pyrrole nitrogens is 1. The van der Waals surface area contributed by atoms with Gasteiger partial charge in [-0.15, -0.1) is 0 Å². The summed E-state index contributed by atoms with van der Waals surface area (Å²) in [6.45, 7) is 0.881. The monoisotopic (exact) mass is 138 g/mol. The molecule has 2 rings (SSSR count). The van der Waals surface area contributed by atoms with Gasteiger partial charge in [0.2, 0.25) is 0 Å². The molecule has 3 nitrogen and oxygen atoms in total. The van der Waals surface area contributed by atoms with Crippen LogP contribution < -0.4 is 5.56 Å². The van der Waals surface area contributed by atoms with Crippen molar-refractivity contribution in [3.05, 3.63) is 22.6 Å². The zero-order chi connectivity index (χ0) is 6.97. The highest BCUT2D eigenvalue weighted by Gasteiger charge is 2.22. The first-order valence-electron chi connectivity index (χ1n) is 3.60. The van der Waals surface area contributed by atoms with E-state index in [0.29, 0.717) is 0 Å². The van der Waals surface area contributed by atoms with Crippen LogP contribution in [0.15, 0.2) is 17.1 Å². The molecular weight excluding hydrogens is 128 g/mol. The van der Waals surface area contributed by atoms with Crippen molar-refractivity contribution in [3.8, 4) is 0 Å². The van der Waals surface area contributed by atoms with Crippen LogP contribution in [-0.4, -0.2) is 9.78 Å². The van der Waals surface area contributed by atoms with Crippen molar-refractivity contribution in [2.45, 2.75) is 19.4 Å². The molecule has 1 aliphatic rings. The summed E-state index contributed by atoms with van der Waals surface area (Å²) in [5.74, 6) is 0.761. The van der Waals surface area contributed by atoms with Gasteiger partial charge in [0, 0.05) is 18.8 Å². The highest BCUT2D eigenvalue weighted by atomic mass is 16.1. The molecule has 0 bridgehead atoms. The Morgan fingerprint density at radius 2 is 2.50 bits per heavy atom. The fourth-order valence-electron chi connectivity index (χ4n) is 1.05. The van der Waals surface area contributed by atoms with Crippen LogP contribution >= 0.6 is 0 Å². The quantitative estimate of drug-likeness (QED) is 0.638. The van der Waals surface area contributed by atoms with Gasteiger partial charge in [0.25, 0.3) is 5.56 Å². The number of hydrogen-bond acceptors (Lipinski definition) is 1. The second-order valence-electron chi connectivity index (χ2n) is 2.85. The van der Waals surface area contributed by atoms with Crippen LogP contribution in [0.1, 0.15) is 12.8 Å². The Kier molecular flexibility index (Phi) is 1.16. The Morgan fingerprint density at radius 3 is 3.00 bits per heavy atom. The number of aromatic nitrogens is 2. The molecule has 3 heteroatoms. The maximum atomic E-state index is 10.9. The lowest BCUT2D eigenvalue weighted by Gasteiger charge is -1.95. The third-order valence-electron chi connectivity index (χ3n) is 1.86. The minimum atomic E-state index is 0.0897. The fourth-order valence-corrected chi connectivity index (χ4v) is 1.05. The van der Waals surface area contributed by atoms with E-state index in [1.54, 1.807) is 16.9 Å². The molecule has 0 amide bonds. The molecule has 0 aromatic carbocycles. The molecule has 1 aromatic heterocycles. The Labute approximate surface area is 58.7 Å². The van der Waals surface area contributed by atoms with Crippen molar-refractivity contribution >= 4 is 0 Å². The van der Waals surface area contributed by atoms with Crippen LogP contribution in [-0.2, 0) is 6.54 Å². The van der Waals surface area contributed by atoms with Crippen LogP contribution in [0.4, 0.5) is 0 Å². The number of rotatable bonds is 2. The summed E-state index contributed by atoms with van der Waals surface area (Å²) < 4.78 is 1.66. The molecule has 10 heavy (non-hydrogen) atoms. The predicted molar refractivity (Wildman–Crippen MR) is 37.8 cm³/mol. The molecule has 54 valence electrons. The first-order valence-corrected chi connectivity index (χ1v) is 3.60. The zero-order valence-corrected chi connectivity index (χ0v) is 5.71. The van der Waals surface area contributed by atoms with Crippen LogP contribution in [0.3, 0.4) is 0 Å². The Bertz CT molecular complexity index is 269. The van der Waals surface area contributed by atoms with E-state index >= 15 is 0 Å². The maximum absolute atomic E-state index is 10.9. The largest absolute Gasteiger partial charge is 0.303 e. The summed E-state index contributed by atoms with van der Waals surface area (Å²) in [5.41, 5.74) is 0.0897. The molecule has 1 heterocycles. The SMILES string of the molecule is O=c1cc[nH]n1CC1CC1. The highest BCUT2D eigenvalue weighted by molar-refractivity contribution is 4.82. The minimum absolute atomic E-state index is 0.0897. The van der Waals surface area contributed by atoms with E-state index in [-0.39, 0.29) is 5.56 Å². The van der Waals surface area contributed by atoms with Crippen molar-refractivity contribution in [2.75, 3.05) is 0 Å². The average molecular weight is 138 g/mol. The lowest BCUT2D eigenvalue weighted by Crippen LogP contribution is -2.16. The van der Waals surface area contributed by atoms with Gasteiger partial charge in [0.15, 0.2) is 0 Å². The van der Waals surface area contributed by atoms with Gasteiger partial charge in [-0.2, -0.15) is 0 Å². The smallest absolute Gasteiger partial charge is 0.266 e. The summed E-state index contributed by atoms with van der Waals surface area (Å²) in [6, 6.07) is 1.56. The van der Waals surface area contributed by atoms with E-state index in [1.807, 2.05) is 0 Å². The third kappa shape index (κ3) is 0.988. The Morgan fingerprint density at radius 1 is 1.70 bits per heavy atom. The number of hydrogen-bond donors (Lipinski definition) is 1. The van der Waals surface area contributed by atoms with Gasteiger partial charge in [0.05, 0.1) is 0 Å². The lowest BCUT2D eigenvalue weighted by atomic mass is 10.4. The number of aromatic amines is 1. The molecule has 1 saturated carbocycles. The van der Waals surface area contributed by atoms with Crippen molar-refractivity contribution in [1.29, 1.82) is 0 Å². The molecule has 0 radical (unpaired) electrons. The van der Waals surface area contributed by atoms with E-state index in [2.05, 4.69) is 5.10 Å². The molecule has 1 fully saturated rings. The van der Waals surface area contributed by atoms with Gasteiger partial charge in [0.1, 0.15) is 0 Å². The van der Waals surface area contributed by atoms with E-state index in [0.717, 1.165) is 12.5 Å². The molecule has 1 aliphatic carbocycles. The molecule has 1 aromatic rings. The summed E-state index contributed by atoms with van der Waals surface area (Å²) in [7, 11) is 0. The van der Waals surface area contributed by atoms with Gasteiger partial charge in [-0.1, -0.05) is 0 Å². The second-order valence-corrected chi connectivity index (χ2v) is 2.85. The molecule has 0 unspecified atom stereocenters. The van der Waals surface area contributed by atoms with Crippen molar-refractivity contribution in [2.24, 2.45) is 5.92 Å². The van der Waals surface area contributed by atoms with E-state index in [1.165, 1.54) is 12.8 Å². The van der Waals surface area contributed by atoms with Crippen LogP contribution in [0.5, 0.6) is 0 Å². The Hall–Kier alpha value is -0.990. The molecule has 0 spiro atoms. The van der Waals surface area contributed by atoms with Crippen LogP contribution in [0, 0.1) is 5.92 Å². The Balaban J connectivity index is 2.16. The summed E-state index contributed by atoms with van der Waals surface area (Å²) in [6.07, 6.45) is 4.25. The van der Waals surface area contributed by atoms with E-state index in [9.17, 15) is 4.79 Å². The molecular formula is C7H10N2O. The predicted octanol–water partition coefficient (Wildman–Crippen LogP) is 0.586. The summed E-state index contributed by atoms with van der Waals surface area (Å²) in [5, 5.41) is 2.88. The standard InChI is InChI=1S/C7H10N2O/c10-7-3-4-8-9(7)5-6-1-2-6/h3-4,6,8H,1-2,5H2. The summed E-state index contributed by atoms with van der Waals surface area (Å²) in [4.78, 5) is 10.9. The molecule has 0 aliphatic heterocycles. The number of nitrogens with zero attached hydrogens (tertiary/aromatic N) is 1. The first-order chi connectivity index (χ1) is 4.86. The van der Waals surface area contributed by atoms with Crippen molar-refractivity contribution in [3.63, 3.8) is 0 Å². The van der Waals surface area contributed by atoms with Gasteiger partial charge >= 0.3 is 0 Å². The maximum Gasteiger partial charge on any atom is 0.266 e. The summed E-state index contributed by atoms with van der Waals surface area (Å²) >= 11 is 0. The molecule has 0 atom stereocenters. The third-order valence-corrected chi connectivity index (χ3v) is 1.86.